The van der Waals surface area contributed by atoms with E-state index in [9.17, 15) is 0 Å². The van der Waals surface area contributed by atoms with Gasteiger partial charge in [-0.15, -0.1) is 11.3 Å². The number of hydrogen-bond donors (Lipinski definition) is 0. The quantitative estimate of drug-likeness (QED) is 0.757. The summed E-state index contributed by atoms with van der Waals surface area (Å²) in [5.74, 6) is 1.41. The molecule has 0 radical (unpaired) electrons. The highest BCUT2D eigenvalue weighted by Crippen LogP contribution is 2.37. The number of nitrogens with zero attached hydrogens (tertiary/aromatic N) is 1. The lowest BCUT2D eigenvalue weighted by atomic mass is 9.95. The third-order valence-corrected chi connectivity index (χ3v) is 5.63. The van der Waals surface area contributed by atoms with E-state index in [0.29, 0.717) is 5.92 Å². The lowest BCUT2D eigenvalue weighted by Crippen LogP contribution is -2.28. The van der Waals surface area contributed by atoms with Crippen molar-refractivity contribution in [3.63, 3.8) is 0 Å². The molecule has 0 saturated carbocycles. The molecule has 19 heavy (non-hydrogen) atoms. The molecule has 0 spiro atoms. The van der Waals surface area contributed by atoms with Crippen LogP contribution in [0.2, 0.25) is 0 Å². The lowest BCUT2D eigenvalue weighted by Gasteiger charge is -2.28. The summed E-state index contributed by atoms with van der Waals surface area (Å²) in [6.07, 6.45) is 2.64. The molecular weight excluding hydrogens is 250 g/mol. The first-order chi connectivity index (χ1) is 9.13. The van der Waals surface area contributed by atoms with E-state index in [4.69, 9.17) is 0 Å². The molecule has 1 aromatic carbocycles. The zero-order valence-electron chi connectivity index (χ0n) is 12.1. The standard InChI is InChI=1S/C17H23NS/c1-12(2)14-4-5-16-15(10-14)11-17(19-16)13-6-8-18(3)9-7-13/h4-5,10-13H,6-9H2,1-3H3. The van der Waals surface area contributed by atoms with Crippen LogP contribution in [0.4, 0.5) is 0 Å². The average Bonchev–Trinajstić information content (AvgIpc) is 2.82. The zero-order chi connectivity index (χ0) is 13.4. The van der Waals surface area contributed by atoms with Gasteiger partial charge in [-0.1, -0.05) is 26.0 Å². The fourth-order valence-electron chi connectivity index (χ4n) is 2.94. The first-order valence-electron chi connectivity index (χ1n) is 7.35. The molecule has 2 heteroatoms. The monoisotopic (exact) mass is 273 g/mol. The van der Waals surface area contributed by atoms with Gasteiger partial charge >= 0.3 is 0 Å². The van der Waals surface area contributed by atoms with E-state index in [1.807, 2.05) is 11.3 Å². The molecule has 1 aliphatic heterocycles. The van der Waals surface area contributed by atoms with Crippen LogP contribution in [0.1, 0.15) is 49.0 Å². The van der Waals surface area contributed by atoms with E-state index in [2.05, 4.69) is 50.1 Å². The summed E-state index contributed by atoms with van der Waals surface area (Å²) in [6, 6.07) is 9.44. The molecule has 0 atom stereocenters. The average molecular weight is 273 g/mol. The first kappa shape index (κ1) is 13.1. The van der Waals surface area contributed by atoms with Crippen LogP contribution in [-0.4, -0.2) is 25.0 Å². The van der Waals surface area contributed by atoms with E-state index in [1.54, 1.807) is 4.88 Å². The van der Waals surface area contributed by atoms with Gasteiger partial charge in [-0.2, -0.15) is 0 Å². The highest BCUT2D eigenvalue weighted by Gasteiger charge is 2.20. The second-order valence-corrected chi connectivity index (χ2v) is 7.29. The third-order valence-electron chi connectivity index (χ3n) is 4.35. The number of piperidine rings is 1. The Morgan fingerprint density at radius 3 is 2.58 bits per heavy atom. The molecular formula is C17H23NS. The van der Waals surface area contributed by atoms with Crippen molar-refractivity contribution in [2.24, 2.45) is 0 Å². The summed E-state index contributed by atoms with van der Waals surface area (Å²) in [4.78, 5) is 4.05. The summed E-state index contributed by atoms with van der Waals surface area (Å²) in [7, 11) is 2.23. The van der Waals surface area contributed by atoms with Gasteiger partial charge in [0, 0.05) is 9.58 Å². The first-order valence-corrected chi connectivity index (χ1v) is 8.17. The smallest absolute Gasteiger partial charge is 0.0345 e. The van der Waals surface area contributed by atoms with Crippen molar-refractivity contribution in [2.75, 3.05) is 20.1 Å². The molecule has 0 bridgehead atoms. The van der Waals surface area contributed by atoms with Crippen LogP contribution in [0.5, 0.6) is 0 Å². The van der Waals surface area contributed by atoms with Crippen molar-refractivity contribution >= 4 is 21.4 Å². The molecule has 0 N–H and O–H groups in total. The van der Waals surface area contributed by atoms with Crippen molar-refractivity contribution in [2.45, 2.75) is 38.5 Å². The van der Waals surface area contributed by atoms with Crippen molar-refractivity contribution < 1.29 is 0 Å². The fraction of sp³-hybridized carbons (Fsp3) is 0.529. The molecule has 1 aliphatic rings. The Balaban J connectivity index is 1.89. The second-order valence-electron chi connectivity index (χ2n) is 6.18. The summed E-state index contributed by atoms with van der Waals surface area (Å²) < 4.78 is 1.46. The molecule has 3 rings (SSSR count). The van der Waals surface area contributed by atoms with E-state index in [1.165, 1.54) is 41.6 Å². The van der Waals surface area contributed by atoms with Crippen LogP contribution in [0.3, 0.4) is 0 Å². The van der Waals surface area contributed by atoms with Crippen molar-refractivity contribution in [3.8, 4) is 0 Å². The van der Waals surface area contributed by atoms with Crippen molar-refractivity contribution in [1.82, 2.24) is 4.90 Å². The van der Waals surface area contributed by atoms with Crippen molar-refractivity contribution in [3.05, 3.63) is 34.7 Å². The predicted octanol–water partition coefficient (Wildman–Crippen LogP) is 4.83. The maximum absolute atomic E-state index is 2.45. The summed E-state index contributed by atoms with van der Waals surface area (Å²) in [5, 5.41) is 1.45. The SMILES string of the molecule is CC(C)c1ccc2sc(C3CCN(C)CC3)cc2c1. The van der Waals surface area contributed by atoms with Crippen LogP contribution >= 0.6 is 11.3 Å². The number of thiophene rings is 1. The molecule has 0 unspecified atom stereocenters. The molecule has 2 aromatic rings. The zero-order valence-corrected chi connectivity index (χ0v) is 13.0. The Bertz CT molecular complexity index is 562. The van der Waals surface area contributed by atoms with Gasteiger partial charge in [0.25, 0.3) is 0 Å². The molecule has 0 aliphatic carbocycles. The predicted molar refractivity (Wildman–Crippen MR) is 85.4 cm³/mol. The summed E-state index contributed by atoms with van der Waals surface area (Å²) >= 11 is 2.01. The minimum absolute atomic E-state index is 0.621. The largest absolute Gasteiger partial charge is 0.306 e. The third kappa shape index (κ3) is 2.70. The Labute approximate surface area is 120 Å². The maximum Gasteiger partial charge on any atom is 0.0345 e. The maximum atomic E-state index is 2.45. The van der Waals surface area contributed by atoms with Gasteiger partial charge in [-0.05, 0) is 67.9 Å². The minimum Gasteiger partial charge on any atom is -0.306 e. The van der Waals surface area contributed by atoms with Crippen LogP contribution in [0.15, 0.2) is 24.3 Å². The van der Waals surface area contributed by atoms with Crippen LogP contribution in [0, 0.1) is 0 Å². The minimum atomic E-state index is 0.621. The normalized spacial score (nSPS) is 18.5. The number of hydrogen-bond acceptors (Lipinski definition) is 2. The Morgan fingerprint density at radius 2 is 1.89 bits per heavy atom. The van der Waals surface area contributed by atoms with Crippen LogP contribution < -0.4 is 0 Å². The number of fused-ring (bicyclic) bond motifs is 1. The Morgan fingerprint density at radius 1 is 1.16 bits per heavy atom. The van der Waals surface area contributed by atoms with Gasteiger partial charge in [-0.3, -0.25) is 0 Å². The Kier molecular flexibility index (Phi) is 3.64. The number of likely N-dealkylation sites (tertiary alicyclic amines) is 1. The van der Waals surface area contributed by atoms with Crippen LogP contribution in [-0.2, 0) is 0 Å². The lowest BCUT2D eigenvalue weighted by molar-refractivity contribution is 0.257. The van der Waals surface area contributed by atoms with Crippen LogP contribution in [0.25, 0.3) is 10.1 Å². The van der Waals surface area contributed by atoms with E-state index < -0.39 is 0 Å². The molecule has 1 saturated heterocycles. The molecule has 1 nitrogen and oxygen atoms in total. The highest BCUT2D eigenvalue weighted by atomic mass is 32.1. The van der Waals surface area contributed by atoms with E-state index in [-0.39, 0.29) is 0 Å². The van der Waals surface area contributed by atoms with Crippen molar-refractivity contribution in [1.29, 1.82) is 0 Å². The van der Waals surface area contributed by atoms with E-state index in [0.717, 1.165) is 5.92 Å². The van der Waals surface area contributed by atoms with Gasteiger partial charge < -0.3 is 4.90 Å². The van der Waals surface area contributed by atoms with E-state index >= 15 is 0 Å². The number of rotatable bonds is 2. The van der Waals surface area contributed by atoms with Gasteiger partial charge in [0.15, 0.2) is 0 Å². The van der Waals surface area contributed by atoms with Gasteiger partial charge in [-0.25, -0.2) is 0 Å². The topological polar surface area (TPSA) is 3.24 Å². The molecule has 2 heterocycles. The van der Waals surface area contributed by atoms with Gasteiger partial charge in [0.2, 0.25) is 0 Å². The fourth-order valence-corrected chi connectivity index (χ4v) is 4.15. The van der Waals surface area contributed by atoms with Gasteiger partial charge in [0.05, 0.1) is 0 Å². The highest BCUT2D eigenvalue weighted by molar-refractivity contribution is 7.19. The second kappa shape index (κ2) is 5.26. The Hall–Kier alpha value is -0.860. The molecule has 1 fully saturated rings. The molecule has 0 amide bonds. The van der Waals surface area contributed by atoms with Gasteiger partial charge in [0.1, 0.15) is 0 Å². The number of benzene rings is 1. The molecule has 102 valence electrons. The molecule has 1 aromatic heterocycles. The summed E-state index contributed by atoms with van der Waals surface area (Å²) in [6.45, 7) is 7.03. The summed E-state index contributed by atoms with van der Waals surface area (Å²) in [5.41, 5.74) is 1.46.